The third-order valence-corrected chi connectivity index (χ3v) is 5.74. The Labute approximate surface area is 121 Å². The summed E-state index contributed by atoms with van der Waals surface area (Å²) in [6, 6.07) is 0.404. The van der Waals surface area contributed by atoms with Gasteiger partial charge in [0.25, 0.3) is 0 Å². The molecule has 1 aliphatic rings. The third kappa shape index (κ3) is 3.48. The first-order valence-corrected chi connectivity index (χ1v) is 8.36. The summed E-state index contributed by atoms with van der Waals surface area (Å²) in [5.41, 5.74) is 1.19. The van der Waals surface area contributed by atoms with Crippen LogP contribution in [0.5, 0.6) is 0 Å². The Hall–Kier alpha value is -0.610. The number of nitrogens with zero attached hydrogens (tertiary/aromatic N) is 2. The smallest absolute Gasteiger partial charge is 0.185 e. The minimum atomic E-state index is 0.404. The quantitative estimate of drug-likeness (QED) is 0.911. The van der Waals surface area contributed by atoms with E-state index in [1.54, 1.807) is 0 Å². The summed E-state index contributed by atoms with van der Waals surface area (Å²) in [5.74, 6) is 0.918. The Bertz CT molecular complexity index is 402. The summed E-state index contributed by atoms with van der Waals surface area (Å²) < 4.78 is 0. The molecule has 1 N–H and O–H groups in total. The molecule has 2 rings (SSSR count). The van der Waals surface area contributed by atoms with Crippen LogP contribution in [0.1, 0.15) is 56.1 Å². The first kappa shape index (κ1) is 14.8. The average molecular weight is 281 g/mol. The van der Waals surface area contributed by atoms with Gasteiger partial charge in [0.2, 0.25) is 0 Å². The maximum absolute atomic E-state index is 4.80. The van der Waals surface area contributed by atoms with E-state index in [9.17, 15) is 0 Å². The van der Waals surface area contributed by atoms with Crippen LogP contribution in [0.4, 0.5) is 5.13 Å². The van der Waals surface area contributed by atoms with Crippen LogP contribution < -0.4 is 10.2 Å². The molecule has 0 amide bonds. The molecule has 0 saturated carbocycles. The molecule has 2 atom stereocenters. The highest BCUT2D eigenvalue weighted by Crippen LogP contribution is 2.32. The van der Waals surface area contributed by atoms with E-state index in [4.69, 9.17) is 4.98 Å². The summed E-state index contributed by atoms with van der Waals surface area (Å²) in [5, 5.41) is 4.55. The number of aryl methyl sites for hydroxylation is 1. The standard InChI is InChI=1S/C15H27N3S/c1-5-13-7-6-9-18(10-8-13)15-17-12(3)14(19-15)11(2)16-4/h11,13,16H,5-10H2,1-4H3. The highest BCUT2D eigenvalue weighted by molar-refractivity contribution is 7.15. The second-order valence-electron chi connectivity index (χ2n) is 5.65. The lowest BCUT2D eigenvalue weighted by Gasteiger charge is -2.19. The van der Waals surface area contributed by atoms with Crippen molar-refractivity contribution in [2.75, 3.05) is 25.0 Å². The molecule has 0 spiro atoms. The van der Waals surface area contributed by atoms with Gasteiger partial charge in [-0.25, -0.2) is 4.98 Å². The zero-order valence-corrected chi connectivity index (χ0v) is 13.5. The predicted molar refractivity (Wildman–Crippen MR) is 84.2 cm³/mol. The minimum absolute atomic E-state index is 0.404. The molecule has 19 heavy (non-hydrogen) atoms. The number of aromatic nitrogens is 1. The van der Waals surface area contributed by atoms with E-state index in [0.717, 1.165) is 5.92 Å². The molecule has 3 nitrogen and oxygen atoms in total. The van der Waals surface area contributed by atoms with E-state index in [0.29, 0.717) is 6.04 Å². The molecule has 1 fully saturated rings. The number of hydrogen-bond donors (Lipinski definition) is 1. The summed E-state index contributed by atoms with van der Waals surface area (Å²) in [7, 11) is 2.02. The SMILES string of the molecule is CCC1CCCN(c2nc(C)c(C(C)NC)s2)CC1. The summed E-state index contributed by atoms with van der Waals surface area (Å²) >= 11 is 1.87. The van der Waals surface area contributed by atoms with Crippen LogP contribution in [0.3, 0.4) is 0 Å². The summed E-state index contributed by atoms with van der Waals surface area (Å²) in [6.45, 7) is 9.02. The first-order chi connectivity index (χ1) is 9.15. The molecule has 1 aromatic heterocycles. The Kier molecular flexibility index (Phi) is 5.22. The van der Waals surface area contributed by atoms with E-state index in [1.807, 2.05) is 18.4 Å². The lowest BCUT2D eigenvalue weighted by Crippen LogP contribution is -2.23. The molecule has 0 aromatic carbocycles. The second kappa shape index (κ2) is 6.71. The maximum atomic E-state index is 4.80. The Morgan fingerprint density at radius 3 is 2.89 bits per heavy atom. The van der Waals surface area contributed by atoms with Crippen molar-refractivity contribution in [1.29, 1.82) is 0 Å². The average Bonchev–Trinajstić information content (AvgIpc) is 2.66. The lowest BCUT2D eigenvalue weighted by molar-refractivity contribution is 0.459. The molecule has 108 valence electrons. The Morgan fingerprint density at radius 1 is 1.42 bits per heavy atom. The zero-order chi connectivity index (χ0) is 13.8. The topological polar surface area (TPSA) is 28.2 Å². The van der Waals surface area contributed by atoms with Crippen molar-refractivity contribution in [3.8, 4) is 0 Å². The fourth-order valence-corrected chi connectivity index (χ4v) is 4.01. The van der Waals surface area contributed by atoms with Crippen molar-refractivity contribution in [3.05, 3.63) is 10.6 Å². The van der Waals surface area contributed by atoms with Gasteiger partial charge in [0.05, 0.1) is 5.69 Å². The molecule has 1 saturated heterocycles. The van der Waals surface area contributed by atoms with E-state index in [-0.39, 0.29) is 0 Å². The van der Waals surface area contributed by atoms with E-state index < -0.39 is 0 Å². The molecule has 2 unspecified atom stereocenters. The van der Waals surface area contributed by atoms with Crippen LogP contribution in [0.15, 0.2) is 0 Å². The van der Waals surface area contributed by atoms with E-state index in [2.05, 4.69) is 31.0 Å². The number of rotatable bonds is 4. The van der Waals surface area contributed by atoms with Crippen molar-refractivity contribution in [1.82, 2.24) is 10.3 Å². The molecule has 4 heteroatoms. The number of hydrogen-bond acceptors (Lipinski definition) is 4. The van der Waals surface area contributed by atoms with Gasteiger partial charge < -0.3 is 10.2 Å². The van der Waals surface area contributed by atoms with E-state index >= 15 is 0 Å². The zero-order valence-electron chi connectivity index (χ0n) is 12.7. The van der Waals surface area contributed by atoms with Crippen LogP contribution in [-0.2, 0) is 0 Å². The van der Waals surface area contributed by atoms with Gasteiger partial charge in [0, 0.05) is 24.0 Å². The summed E-state index contributed by atoms with van der Waals surface area (Å²) in [4.78, 5) is 8.68. The monoisotopic (exact) mass is 281 g/mol. The minimum Gasteiger partial charge on any atom is -0.348 e. The lowest BCUT2D eigenvalue weighted by atomic mass is 9.98. The van der Waals surface area contributed by atoms with Crippen LogP contribution in [0.2, 0.25) is 0 Å². The van der Waals surface area contributed by atoms with Gasteiger partial charge in [-0.1, -0.05) is 13.3 Å². The second-order valence-corrected chi connectivity index (χ2v) is 6.66. The molecule has 0 radical (unpaired) electrons. The van der Waals surface area contributed by atoms with Gasteiger partial charge in [-0.05, 0) is 46.1 Å². The molecule has 0 bridgehead atoms. The predicted octanol–water partition coefficient (Wildman–Crippen LogP) is 3.75. The summed E-state index contributed by atoms with van der Waals surface area (Å²) in [6.07, 6.45) is 5.35. The highest BCUT2D eigenvalue weighted by atomic mass is 32.1. The molecular formula is C15H27N3S. The van der Waals surface area contributed by atoms with Crippen LogP contribution in [0.25, 0.3) is 0 Å². The van der Waals surface area contributed by atoms with Crippen molar-refractivity contribution in [3.63, 3.8) is 0 Å². The van der Waals surface area contributed by atoms with Crippen LogP contribution >= 0.6 is 11.3 Å². The Balaban J connectivity index is 2.09. The highest BCUT2D eigenvalue weighted by Gasteiger charge is 2.20. The molecular weight excluding hydrogens is 254 g/mol. The van der Waals surface area contributed by atoms with Crippen molar-refractivity contribution >= 4 is 16.5 Å². The third-order valence-electron chi connectivity index (χ3n) is 4.34. The maximum Gasteiger partial charge on any atom is 0.185 e. The fourth-order valence-electron chi connectivity index (χ4n) is 2.83. The normalized spacial score (nSPS) is 22.3. The van der Waals surface area contributed by atoms with Gasteiger partial charge in [0.15, 0.2) is 5.13 Å². The van der Waals surface area contributed by atoms with Crippen molar-refractivity contribution in [2.24, 2.45) is 5.92 Å². The fraction of sp³-hybridized carbons (Fsp3) is 0.800. The number of nitrogens with one attached hydrogen (secondary N) is 1. The van der Waals surface area contributed by atoms with Gasteiger partial charge in [-0.2, -0.15) is 0 Å². The molecule has 1 aromatic rings. The number of anilines is 1. The largest absolute Gasteiger partial charge is 0.348 e. The van der Waals surface area contributed by atoms with Crippen LogP contribution in [0, 0.1) is 12.8 Å². The van der Waals surface area contributed by atoms with Gasteiger partial charge in [0.1, 0.15) is 0 Å². The van der Waals surface area contributed by atoms with Gasteiger partial charge >= 0.3 is 0 Å². The number of thiazole rings is 1. The van der Waals surface area contributed by atoms with Crippen LogP contribution in [-0.4, -0.2) is 25.1 Å². The van der Waals surface area contributed by atoms with Gasteiger partial charge in [-0.15, -0.1) is 11.3 Å². The first-order valence-electron chi connectivity index (χ1n) is 7.55. The molecule has 0 aliphatic carbocycles. The van der Waals surface area contributed by atoms with Crippen molar-refractivity contribution in [2.45, 2.75) is 52.5 Å². The Morgan fingerprint density at radius 2 is 2.21 bits per heavy atom. The van der Waals surface area contributed by atoms with Crippen molar-refractivity contribution < 1.29 is 0 Å². The molecule has 2 heterocycles. The van der Waals surface area contributed by atoms with E-state index in [1.165, 1.54) is 54.5 Å². The molecule has 1 aliphatic heterocycles. The van der Waals surface area contributed by atoms with Gasteiger partial charge in [-0.3, -0.25) is 0 Å².